The Morgan fingerprint density at radius 2 is 1.94 bits per heavy atom. The summed E-state index contributed by atoms with van der Waals surface area (Å²) < 4.78 is 5.49. The average molecular weight is 226 g/mol. The maximum atomic E-state index is 9.28. The normalized spacial score (nSPS) is 15.1. The average Bonchev–Trinajstić information content (AvgIpc) is 2.22. The van der Waals surface area contributed by atoms with Crippen molar-refractivity contribution in [3.63, 3.8) is 0 Å². The van der Waals surface area contributed by atoms with Gasteiger partial charge in [0.1, 0.15) is 5.54 Å². The van der Waals surface area contributed by atoms with Crippen LogP contribution in [0.25, 0.3) is 0 Å². The van der Waals surface area contributed by atoms with Gasteiger partial charge in [-0.15, -0.1) is 0 Å². The molecule has 0 bridgehead atoms. The van der Waals surface area contributed by atoms with Crippen molar-refractivity contribution in [2.45, 2.75) is 71.6 Å². The van der Waals surface area contributed by atoms with Gasteiger partial charge in [-0.1, -0.05) is 6.92 Å². The zero-order valence-electron chi connectivity index (χ0n) is 11.3. The van der Waals surface area contributed by atoms with Crippen LogP contribution in [-0.4, -0.2) is 24.3 Å². The summed E-state index contributed by atoms with van der Waals surface area (Å²) in [6.07, 6.45) is 2.89. The van der Waals surface area contributed by atoms with Crippen LogP contribution < -0.4 is 5.32 Å². The SMILES string of the molecule is CCC(C#N)(CCCOC(C)C)NC(C)C. The Kier molecular flexibility index (Phi) is 7.36. The molecule has 3 heteroatoms. The summed E-state index contributed by atoms with van der Waals surface area (Å²) in [5.41, 5.74) is -0.380. The van der Waals surface area contributed by atoms with Crippen LogP contribution in [-0.2, 0) is 4.74 Å². The number of nitriles is 1. The molecule has 0 aromatic rings. The third-order valence-electron chi connectivity index (χ3n) is 2.58. The van der Waals surface area contributed by atoms with E-state index in [4.69, 9.17) is 4.74 Å². The van der Waals surface area contributed by atoms with E-state index in [2.05, 4.69) is 32.2 Å². The Morgan fingerprint density at radius 1 is 1.31 bits per heavy atom. The highest BCUT2D eigenvalue weighted by atomic mass is 16.5. The molecule has 0 aliphatic heterocycles. The first-order valence-electron chi connectivity index (χ1n) is 6.26. The van der Waals surface area contributed by atoms with Crippen LogP contribution in [0.3, 0.4) is 0 Å². The Morgan fingerprint density at radius 3 is 2.31 bits per heavy atom. The van der Waals surface area contributed by atoms with E-state index in [1.807, 2.05) is 13.8 Å². The molecule has 0 saturated carbocycles. The smallest absolute Gasteiger partial charge is 0.106 e. The molecule has 0 radical (unpaired) electrons. The quantitative estimate of drug-likeness (QED) is 0.647. The molecule has 0 amide bonds. The topological polar surface area (TPSA) is 45.0 Å². The Balaban J connectivity index is 4.08. The van der Waals surface area contributed by atoms with Crippen LogP contribution in [0.4, 0.5) is 0 Å². The summed E-state index contributed by atoms with van der Waals surface area (Å²) in [7, 11) is 0. The summed E-state index contributed by atoms with van der Waals surface area (Å²) in [6.45, 7) is 11.0. The first kappa shape index (κ1) is 15.4. The molecule has 0 heterocycles. The number of hydrogen-bond donors (Lipinski definition) is 1. The molecule has 0 aromatic heterocycles. The number of rotatable bonds is 8. The van der Waals surface area contributed by atoms with Gasteiger partial charge in [0.25, 0.3) is 0 Å². The van der Waals surface area contributed by atoms with Crippen molar-refractivity contribution in [2.75, 3.05) is 6.61 Å². The molecule has 0 aromatic carbocycles. The van der Waals surface area contributed by atoms with Gasteiger partial charge in [-0.25, -0.2) is 0 Å². The minimum atomic E-state index is -0.380. The zero-order chi connectivity index (χ0) is 12.6. The molecule has 1 N–H and O–H groups in total. The lowest BCUT2D eigenvalue weighted by atomic mass is 9.91. The van der Waals surface area contributed by atoms with E-state index in [1.54, 1.807) is 0 Å². The Hall–Kier alpha value is -0.590. The van der Waals surface area contributed by atoms with Crippen molar-refractivity contribution >= 4 is 0 Å². The van der Waals surface area contributed by atoms with E-state index in [1.165, 1.54) is 0 Å². The molecule has 1 unspecified atom stereocenters. The predicted molar refractivity (Wildman–Crippen MR) is 67.2 cm³/mol. The summed E-state index contributed by atoms with van der Waals surface area (Å²) in [4.78, 5) is 0. The second kappa shape index (κ2) is 7.65. The first-order valence-corrected chi connectivity index (χ1v) is 6.26. The Labute approximate surface area is 100 Å². The molecular weight excluding hydrogens is 200 g/mol. The molecule has 0 fully saturated rings. The van der Waals surface area contributed by atoms with Gasteiger partial charge >= 0.3 is 0 Å². The van der Waals surface area contributed by atoms with E-state index in [0.29, 0.717) is 6.04 Å². The fourth-order valence-corrected chi connectivity index (χ4v) is 1.76. The van der Waals surface area contributed by atoms with Crippen molar-refractivity contribution in [3.8, 4) is 6.07 Å². The van der Waals surface area contributed by atoms with E-state index in [-0.39, 0.29) is 11.6 Å². The molecule has 0 rings (SSSR count). The van der Waals surface area contributed by atoms with Gasteiger partial charge in [0, 0.05) is 12.6 Å². The minimum absolute atomic E-state index is 0.274. The van der Waals surface area contributed by atoms with Crippen molar-refractivity contribution < 1.29 is 4.74 Å². The zero-order valence-corrected chi connectivity index (χ0v) is 11.3. The van der Waals surface area contributed by atoms with Crippen LogP contribution in [0.2, 0.25) is 0 Å². The van der Waals surface area contributed by atoms with Crippen LogP contribution in [0.1, 0.15) is 53.9 Å². The van der Waals surface area contributed by atoms with E-state index >= 15 is 0 Å². The van der Waals surface area contributed by atoms with Gasteiger partial charge in [0.2, 0.25) is 0 Å². The van der Waals surface area contributed by atoms with Crippen molar-refractivity contribution in [3.05, 3.63) is 0 Å². The maximum absolute atomic E-state index is 9.28. The maximum Gasteiger partial charge on any atom is 0.106 e. The third kappa shape index (κ3) is 6.09. The van der Waals surface area contributed by atoms with Crippen LogP contribution in [0.15, 0.2) is 0 Å². The molecule has 94 valence electrons. The molecule has 0 spiro atoms. The summed E-state index contributed by atoms with van der Waals surface area (Å²) >= 11 is 0. The van der Waals surface area contributed by atoms with Crippen molar-refractivity contribution in [1.29, 1.82) is 5.26 Å². The van der Waals surface area contributed by atoms with E-state index < -0.39 is 0 Å². The third-order valence-corrected chi connectivity index (χ3v) is 2.58. The lowest BCUT2D eigenvalue weighted by Gasteiger charge is -2.29. The minimum Gasteiger partial charge on any atom is -0.379 e. The highest BCUT2D eigenvalue weighted by molar-refractivity contribution is 5.06. The van der Waals surface area contributed by atoms with Gasteiger partial charge in [-0.2, -0.15) is 5.26 Å². The lowest BCUT2D eigenvalue weighted by Crippen LogP contribution is -2.47. The van der Waals surface area contributed by atoms with Crippen LogP contribution in [0.5, 0.6) is 0 Å². The number of nitrogens with one attached hydrogen (secondary N) is 1. The summed E-state index contributed by atoms with van der Waals surface area (Å²) in [6, 6.07) is 2.76. The predicted octanol–water partition coefficient (Wildman–Crippen LogP) is 2.86. The summed E-state index contributed by atoms with van der Waals surface area (Å²) in [5.74, 6) is 0. The van der Waals surface area contributed by atoms with Gasteiger partial charge in [0.05, 0.1) is 12.2 Å². The highest BCUT2D eigenvalue weighted by Crippen LogP contribution is 2.17. The van der Waals surface area contributed by atoms with Gasteiger partial charge in [-0.3, -0.25) is 5.32 Å². The number of nitrogens with zero attached hydrogens (tertiary/aromatic N) is 1. The van der Waals surface area contributed by atoms with Crippen molar-refractivity contribution in [2.24, 2.45) is 0 Å². The molecule has 1 atom stereocenters. The molecule has 16 heavy (non-hydrogen) atoms. The summed E-state index contributed by atoms with van der Waals surface area (Å²) in [5, 5.41) is 12.6. The highest BCUT2D eigenvalue weighted by Gasteiger charge is 2.27. The monoisotopic (exact) mass is 226 g/mol. The number of ether oxygens (including phenoxy) is 1. The number of hydrogen-bond acceptors (Lipinski definition) is 3. The molecule has 3 nitrogen and oxygen atoms in total. The fourth-order valence-electron chi connectivity index (χ4n) is 1.76. The lowest BCUT2D eigenvalue weighted by molar-refractivity contribution is 0.0723. The van der Waals surface area contributed by atoms with Gasteiger partial charge in [0.15, 0.2) is 0 Å². The second-order valence-corrected chi connectivity index (χ2v) is 4.87. The standard InChI is InChI=1S/C13H26N2O/c1-6-13(10-14,15-11(2)3)8-7-9-16-12(4)5/h11-12,15H,6-9H2,1-5H3. The largest absolute Gasteiger partial charge is 0.379 e. The first-order chi connectivity index (χ1) is 7.45. The fraction of sp³-hybridized carbons (Fsp3) is 0.923. The second-order valence-electron chi connectivity index (χ2n) is 4.87. The molecule has 0 saturated heterocycles. The van der Waals surface area contributed by atoms with Crippen LogP contribution in [0, 0.1) is 11.3 Å². The Bertz CT molecular complexity index is 220. The molecular formula is C13H26N2O. The van der Waals surface area contributed by atoms with E-state index in [9.17, 15) is 5.26 Å². The van der Waals surface area contributed by atoms with Crippen LogP contribution >= 0.6 is 0 Å². The molecule has 0 aliphatic carbocycles. The van der Waals surface area contributed by atoms with Gasteiger partial charge < -0.3 is 4.74 Å². The molecule has 0 aliphatic rings. The van der Waals surface area contributed by atoms with Gasteiger partial charge in [-0.05, 0) is 47.0 Å². The van der Waals surface area contributed by atoms with E-state index in [0.717, 1.165) is 25.9 Å². The van der Waals surface area contributed by atoms with Crippen molar-refractivity contribution in [1.82, 2.24) is 5.32 Å².